The molecule has 0 radical (unpaired) electrons. The molecule has 3 rings (SSSR count). The number of hydrogen-bond donors (Lipinski definition) is 3. The summed E-state index contributed by atoms with van der Waals surface area (Å²) in [6.45, 7) is 0. The highest BCUT2D eigenvalue weighted by molar-refractivity contribution is 7.98. The Morgan fingerprint density at radius 2 is 2.23 bits per heavy atom. The molecule has 0 fully saturated rings. The Labute approximate surface area is 127 Å². The van der Waals surface area contributed by atoms with E-state index >= 15 is 0 Å². The van der Waals surface area contributed by atoms with Crippen molar-refractivity contribution in [3.63, 3.8) is 0 Å². The molecule has 1 aliphatic heterocycles. The summed E-state index contributed by atoms with van der Waals surface area (Å²) >= 11 is 1.27. The first-order valence-electron chi connectivity index (χ1n) is 6.01. The van der Waals surface area contributed by atoms with Gasteiger partial charge >= 0.3 is 5.84 Å². The quantitative estimate of drug-likeness (QED) is 0.423. The van der Waals surface area contributed by atoms with Gasteiger partial charge in [0.15, 0.2) is 6.04 Å². The number of fused-ring (bicyclic) bond motifs is 1. The van der Waals surface area contributed by atoms with Crippen molar-refractivity contribution in [3.05, 3.63) is 33.9 Å². The lowest BCUT2D eigenvalue weighted by Gasteiger charge is -2.19. The number of hydrogen-bond acceptors (Lipinski definition) is 9. The fourth-order valence-electron chi connectivity index (χ4n) is 2.10. The Morgan fingerprint density at radius 1 is 1.45 bits per heavy atom. The van der Waals surface area contributed by atoms with Crippen LogP contribution in [0.5, 0.6) is 11.5 Å². The molecule has 114 valence electrons. The van der Waals surface area contributed by atoms with Gasteiger partial charge in [-0.2, -0.15) is 4.98 Å². The minimum Gasteiger partial charge on any atom is -0.508 e. The number of aromatic nitrogens is 3. The van der Waals surface area contributed by atoms with E-state index < -0.39 is 16.8 Å². The molecule has 0 aliphatic carbocycles. The Hall–Kier alpha value is -2.82. The first-order chi connectivity index (χ1) is 10.5. The molecular formula is C11H10N6O4S. The number of aromatic hydroxyl groups is 2. The highest BCUT2D eigenvalue weighted by atomic mass is 32.2. The average molecular weight is 322 g/mol. The summed E-state index contributed by atoms with van der Waals surface area (Å²) in [6.07, 6.45) is 1.77. The molecule has 0 amide bonds. The van der Waals surface area contributed by atoms with E-state index in [2.05, 4.69) is 20.6 Å². The number of amidine groups is 1. The maximum absolute atomic E-state index is 11.2. The molecule has 0 bridgehead atoms. The first-order valence-corrected chi connectivity index (χ1v) is 7.24. The van der Waals surface area contributed by atoms with Crippen LogP contribution in [-0.2, 0) is 0 Å². The third-order valence-electron chi connectivity index (χ3n) is 3.05. The summed E-state index contributed by atoms with van der Waals surface area (Å²) < 4.78 is 1.28. The molecule has 0 saturated heterocycles. The number of benzene rings is 1. The molecule has 1 aromatic carbocycles. The lowest BCUT2D eigenvalue weighted by molar-refractivity contribution is -0.355. The van der Waals surface area contributed by atoms with Gasteiger partial charge in [-0.25, -0.2) is 4.68 Å². The molecule has 0 spiro atoms. The number of nitrogens with one attached hydrogen (secondary N) is 1. The molecule has 0 saturated carbocycles. The van der Waals surface area contributed by atoms with Gasteiger partial charge in [-0.05, 0) is 23.3 Å². The third kappa shape index (κ3) is 2.20. The SMILES string of the molecule is CSc1nc2n(n1)C(c1ccc(O)cc1O)C([N+](=O)[O-])=NN2. The standard InChI is InChI=1S/C11H10N6O4S/c1-22-11-12-10-14-13-9(17(20)21)8(16(10)15-11)6-3-2-5(18)4-7(6)19/h2-4,8,18-19H,1H3,(H,12,14,15). The molecule has 2 aromatic rings. The predicted molar refractivity (Wildman–Crippen MR) is 77.8 cm³/mol. The van der Waals surface area contributed by atoms with Crippen molar-refractivity contribution in [2.75, 3.05) is 11.7 Å². The zero-order chi connectivity index (χ0) is 15.9. The molecule has 1 unspecified atom stereocenters. The summed E-state index contributed by atoms with van der Waals surface area (Å²) in [5, 5.41) is 38.9. The maximum atomic E-state index is 11.2. The molecular weight excluding hydrogens is 312 g/mol. The Balaban J connectivity index is 2.18. The van der Waals surface area contributed by atoms with E-state index in [1.165, 1.54) is 28.6 Å². The Morgan fingerprint density at radius 3 is 2.86 bits per heavy atom. The van der Waals surface area contributed by atoms with E-state index in [1.807, 2.05) is 0 Å². The summed E-state index contributed by atoms with van der Waals surface area (Å²) in [7, 11) is 0. The zero-order valence-corrected chi connectivity index (χ0v) is 12.0. The monoisotopic (exact) mass is 322 g/mol. The number of nitrogens with zero attached hydrogens (tertiary/aromatic N) is 5. The molecule has 22 heavy (non-hydrogen) atoms. The minimum absolute atomic E-state index is 0.154. The molecule has 1 aromatic heterocycles. The first kappa shape index (κ1) is 14.1. The fourth-order valence-corrected chi connectivity index (χ4v) is 2.45. The number of anilines is 1. The van der Waals surface area contributed by atoms with Gasteiger partial charge in [0.1, 0.15) is 11.5 Å². The van der Waals surface area contributed by atoms with Crippen LogP contribution < -0.4 is 5.43 Å². The van der Waals surface area contributed by atoms with Crippen LogP contribution >= 0.6 is 11.8 Å². The van der Waals surface area contributed by atoms with E-state index in [0.717, 1.165) is 6.07 Å². The van der Waals surface area contributed by atoms with Crippen molar-refractivity contribution in [1.82, 2.24) is 14.8 Å². The minimum atomic E-state index is -1.06. The van der Waals surface area contributed by atoms with Gasteiger partial charge in [-0.3, -0.25) is 0 Å². The molecule has 1 atom stereocenters. The van der Waals surface area contributed by atoms with Gasteiger partial charge in [0.25, 0.3) is 5.95 Å². The lowest BCUT2D eigenvalue weighted by Crippen LogP contribution is -2.33. The second-order valence-corrected chi connectivity index (χ2v) is 5.12. The largest absolute Gasteiger partial charge is 0.508 e. The lowest BCUT2D eigenvalue weighted by atomic mass is 10.0. The van der Waals surface area contributed by atoms with Crippen molar-refractivity contribution in [2.45, 2.75) is 11.2 Å². The van der Waals surface area contributed by atoms with Crippen LogP contribution in [0.2, 0.25) is 0 Å². The number of nitro groups is 1. The van der Waals surface area contributed by atoms with Gasteiger partial charge in [-0.1, -0.05) is 11.8 Å². The highest BCUT2D eigenvalue weighted by Gasteiger charge is 2.39. The molecule has 2 heterocycles. The van der Waals surface area contributed by atoms with Crippen molar-refractivity contribution in [2.24, 2.45) is 5.10 Å². The van der Waals surface area contributed by atoms with Crippen LogP contribution in [-0.4, -0.2) is 42.0 Å². The molecule has 1 aliphatic rings. The zero-order valence-electron chi connectivity index (χ0n) is 11.2. The number of thioether (sulfide) groups is 1. The van der Waals surface area contributed by atoms with Crippen molar-refractivity contribution in [3.8, 4) is 11.5 Å². The van der Waals surface area contributed by atoms with Crippen LogP contribution in [0.4, 0.5) is 5.95 Å². The summed E-state index contributed by atoms with van der Waals surface area (Å²) in [4.78, 5) is 14.7. The summed E-state index contributed by atoms with van der Waals surface area (Å²) in [5.74, 6) is -0.662. The van der Waals surface area contributed by atoms with Crippen LogP contribution in [0, 0.1) is 10.1 Å². The van der Waals surface area contributed by atoms with Gasteiger partial charge in [0.2, 0.25) is 5.16 Å². The summed E-state index contributed by atoms with van der Waals surface area (Å²) in [5.41, 5.74) is 2.66. The normalized spacial score (nSPS) is 16.6. The van der Waals surface area contributed by atoms with Crippen molar-refractivity contribution >= 4 is 23.5 Å². The van der Waals surface area contributed by atoms with Gasteiger partial charge in [0, 0.05) is 11.6 Å². The van der Waals surface area contributed by atoms with Gasteiger partial charge in [0.05, 0.1) is 5.10 Å². The maximum Gasteiger partial charge on any atom is 0.393 e. The van der Waals surface area contributed by atoms with E-state index in [9.17, 15) is 20.3 Å². The predicted octanol–water partition coefficient (Wildman–Crippen LogP) is 1.02. The summed E-state index contributed by atoms with van der Waals surface area (Å²) in [6, 6.07) is 2.74. The number of hydrazone groups is 1. The van der Waals surface area contributed by atoms with Gasteiger partial charge < -0.3 is 20.3 Å². The fraction of sp³-hybridized carbons (Fsp3) is 0.182. The van der Waals surface area contributed by atoms with Crippen LogP contribution in [0.1, 0.15) is 11.6 Å². The van der Waals surface area contributed by atoms with E-state index in [-0.39, 0.29) is 23.0 Å². The van der Waals surface area contributed by atoms with Gasteiger partial charge in [-0.15, -0.1) is 10.5 Å². The number of phenolic OH excluding ortho intramolecular Hbond substituents is 2. The highest BCUT2D eigenvalue weighted by Crippen LogP contribution is 2.34. The van der Waals surface area contributed by atoms with E-state index in [0.29, 0.717) is 5.16 Å². The number of phenols is 2. The molecule has 10 nitrogen and oxygen atoms in total. The third-order valence-corrected chi connectivity index (χ3v) is 3.59. The smallest absolute Gasteiger partial charge is 0.393 e. The van der Waals surface area contributed by atoms with Crippen LogP contribution in [0.25, 0.3) is 0 Å². The molecule has 3 N–H and O–H groups in total. The Kier molecular flexibility index (Phi) is 3.33. The van der Waals surface area contributed by atoms with E-state index in [1.54, 1.807) is 6.26 Å². The second kappa shape index (κ2) is 5.18. The van der Waals surface area contributed by atoms with E-state index in [4.69, 9.17) is 0 Å². The van der Waals surface area contributed by atoms with Crippen LogP contribution in [0.15, 0.2) is 28.5 Å². The number of rotatable bonds is 2. The average Bonchev–Trinajstić information content (AvgIpc) is 2.89. The molecule has 11 heteroatoms. The topological polar surface area (TPSA) is 139 Å². The second-order valence-electron chi connectivity index (χ2n) is 4.35. The van der Waals surface area contributed by atoms with Crippen molar-refractivity contribution < 1.29 is 15.1 Å². The van der Waals surface area contributed by atoms with Crippen LogP contribution in [0.3, 0.4) is 0 Å². The van der Waals surface area contributed by atoms with Crippen molar-refractivity contribution in [1.29, 1.82) is 0 Å². The Bertz CT molecular complexity index is 789.